The van der Waals surface area contributed by atoms with E-state index >= 15 is 0 Å². The van der Waals surface area contributed by atoms with Crippen molar-refractivity contribution in [3.05, 3.63) is 62.6 Å². The van der Waals surface area contributed by atoms with E-state index in [9.17, 15) is 13.6 Å². The number of hydrogen-bond donors (Lipinski definition) is 0. The van der Waals surface area contributed by atoms with Gasteiger partial charge in [-0.1, -0.05) is 15.9 Å². The van der Waals surface area contributed by atoms with Gasteiger partial charge in [-0.2, -0.15) is 0 Å². The number of carbonyl (C=O) groups is 1. The second kappa shape index (κ2) is 5.93. The second-order valence-corrected chi connectivity index (χ2v) is 5.63. The topological polar surface area (TPSA) is 26.3 Å². The van der Waals surface area contributed by atoms with Crippen LogP contribution in [-0.2, 0) is 0 Å². The number of benzene rings is 2. The van der Waals surface area contributed by atoms with E-state index in [0.717, 1.165) is 23.3 Å². The summed E-state index contributed by atoms with van der Waals surface area (Å²) in [5.74, 6) is -1.81. The molecule has 2 aromatic carbocycles. The van der Waals surface area contributed by atoms with Gasteiger partial charge in [0.1, 0.15) is 17.4 Å². The molecule has 2 nitrogen and oxygen atoms in total. The summed E-state index contributed by atoms with van der Waals surface area (Å²) in [5, 5.41) is 0. The van der Waals surface area contributed by atoms with E-state index in [1.807, 2.05) is 0 Å². The van der Waals surface area contributed by atoms with Gasteiger partial charge in [0.05, 0.1) is 12.7 Å². The van der Waals surface area contributed by atoms with Crippen LogP contribution in [0.5, 0.6) is 5.75 Å². The van der Waals surface area contributed by atoms with Crippen LogP contribution in [0.1, 0.15) is 27.0 Å². The fraction of sp³-hybridized carbons (Fsp3) is 0.188. The minimum absolute atomic E-state index is 0.228. The summed E-state index contributed by atoms with van der Waals surface area (Å²) in [4.78, 5) is 12.4. The van der Waals surface area contributed by atoms with E-state index in [4.69, 9.17) is 4.74 Å². The third-order valence-corrected chi connectivity index (χ3v) is 3.62. The molecule has 0 saturated heterocycles. The molecule has 0 heterocycles. The van der Waals surface area contributed by atoms with Crippen molar-refractivity contribution in [1.82, 2.24) is 0 Å². The minimum atomic E-state index is -0.891. The molecule has 110 valence electrons. The molecule has 0 spiro atoms. The van der Waals surface area contributed by atoms with Crippen LogP contribution in [0.15, 0.2) is 28.7 Å². The number of carbonyl (C=O) groups excluding carboxylic acids is 1. The van der Waals surface area contributed by atoms with Crippen molar-refractivity contribution in [2.75, 3.05) is 7.11 Å². The average molecular weight is 355 g/mol. The standard InChI is InChI=1S/C16H13BrF2O2/c1-8-4-10(5-9(2)16(8)21-3)15(20)14-12(18)6-11(17)7-13(14)19/h4-7H,1-3H3. The quantitative estimate of drug-likeness (QED) is 0.754. The largest absolute Gasteiger partial charge is 0.496 e. The molecule has 0 aromatic heterocycles. The third-order valence-electron chi connectivity index (χ3n) is 3.16. The fourth-order valence-electron chi connectivity index (χ4n) is 2.31. The Balaban J connectivity index is 2.56. The first-order valence-corrected chi connectivity index (χ1v) is 6.99. The van der Waals surface area contributed by atoms with Crippen molar-refractivity contribution in [1.29, 1.82) is 0 Å². The average Bonchev–Trinajstić information content (AvgIpc) is 2.36. The summed E-state index contributed by atoms with van der Waals surface area (Å²) in [6, 6.07) is 5.27. The lowest BCUT2D eigenvalue weighted by atomic mass is 9.98. The molecule has 0 N–H and O–H groups in total. The Labute approximate surface area is 129 Å². The van der Waals surface area contributed by atoms with Gasteiger partial charge in [0.25, 0.3) is 0 Å². The molecular weight excluding hydrogens is 342 g/mol. The SMILES string of the molecule is COc1c(C)cc(C(=O)c2c(F)cc(Br)cc2F)cc1C. The maximum absolute atomic E-state index is 13.9. The number of methoxy groups -OCH3 is 1. The molecular formula is C16H13BrF2O2. The lowest BCUT2D eigenvalue weighted by Gasteiger charge is -2.11. The van der Waals surface area contributed by atoms with Gasteiger partial charge in [-0.15, -0.1) is 0 Å². The Morgan fingerprint density at radius 1 is 1.05 bits per heavy atom. The highest BCUT2D eigenvalue weighted by Gasteiger charge is 2.21. The zero-order valence-corrected chi connectivity index (χ0v) is 13.3. The van der Waals surface area contributed by atoms with Crippen LogP contribution in [0.3, 0.4) is 0 Å². The summed E-state index contributed by atoms with van der Waals surface area (Å²) in [7, 11) is 1.53. The lowest BCUT2D eigenvalue weighted by molar-refractivity contribution is 0.103. The van der Waals surface area contributed by atoms with Gasteiger partial charge >= 0.3 is 0 Å². The molecule has 0 fully saturated rings. The van der Waals surface area contributed by atoms with Crippen LogP contribution in [0.4, 0.5) is 8.78 Å². The molecule has 0 saturated carbocycles. The van der Waals surface area contributed by atoms with E-state index in [0.29, 0.717) is 5.75 Å². The lowest BCUT2D eigenvalue weighted by Crippen LogP contribution is -2.09. The second-order valence-electron chi connectivity index (χ2n) is 4.72. The van der Waals surface area contributed by atoms with Crippen molar-refractivity contribution >= 4 is 21.7 Å². The fourth-order valence-corrected chi connectivity index (χ4v) is 2.71. The predicted molar refractivity (Wildman–Crippen MR) is 80.0 cm³/mol. The molecule has 0 radical (unpaired) electrons. The molecule has 0 unspecified atom stereocenters. The molecule has 2 rings (SSSR count). The zero-order chi connectivity index (χ0) is 15.7. The van der Waals surface area contributed by atoms with E-state index in [2.05, 4.69) is 15.9 Å². The van der Waals surface area contributed by atoms with Gasteiger partial charge < -0.3 is 4.74 Å². The van der Waals surface area contributed by atoms with E-state index in [1.165, 1.54) is 7.11 Å². The highest BCUT2D eigenvalue weighted by atomic mass is 79.9. The maximum atomic E-state index is 13.9. The Morgan fingerprint density at radius 2 is 1.52 bits per heavy atom. The van der Waals surface area contributed by atoms with Gasteiger partial charge in [0.15, 0.2) is 5.78 Å². The van der Waals surface area contributed by atoms with Gasteiger partial charge in [0.2, 0.25) is 0 Å². The molecule has 2 aromatic rings. The minimum Gasteiger partial charge on any atom is -0.496 e. The summed E-state index contributed by atoms with van der Waals surface area (Å²) in [5.41, 5.74) is 1.14. The van der Waals surface area contributed by atoms with Crippen molar-refractivity contribution in [3.8, 4) is 5.75 Å². The van der Waals surface area contributed by atoms with Crippen molar-refractivity contribution in [2.45, 2.75) is 13.8 Å². The molecule has 0 aliphatic carbocycles. The first-order valence-electron chi connectivity index (χ1n) is 6.19. The van der Waals surface area contributed by atoms with E-state index < -0.39 is 23.0 Å². The van der Waals surface area contributed by atoms with Gasteiger partial charge in [-0.05, 0) is 49.2 Å². The molecule has 0 aliphatic rings. The van der Waals surface area contributed by atoms with Gasteiger partial charge in [-0.25, -0.2) is 8.78 Å². The Bertz CT molecular complexity index is 680. The molecule has 21 heavy (non-hydrogen) atoms. The number of rotatable bonds is 3. The molecule has 0 amide bonds. The molecule has 0 aliphatic heterocycles. The summed E-state index contributed by atoms with van der Waals surface area (Å²) in [6.45, 7) is 3.55. The van der Waals surface area contributed by atoms with Crippen molar-refractivity contribution in [2.24, 2.45) is 0 Å². The van der Waals surface area contributed by atoms with Crippen molar-refractivity contribution in [3.63, 3.8) is 0 Å². The number of aryl methyl sites for hydroxylation is 2. The normalized spacial score (nSPS) is 10.6. The predicted octanol–water partition coefficient (Wildman–Crippen LogP) is 4.58. The van der Waals surface area contributed by atoms with Crippen LogP contribution in [0.25, 0.3) is 0 Å². The number of hydrogen-bond acceptors (Lipinski definition) is 2. The van der Waals surface area contributed by atoms with Gasteiger partial charge in [0, 0.05) is 10.0 Å². The Hall–Kier alpha value is -1.75. The van der Waals surface area contributed by atoms with Crippen molar-refractivity contribution < 1.29 is 18.3 Å². The van der Waals surface area contributed by atoms with Gasteiger partial charge in [-0.3, -0.25) is 4.79 Å². The smallest absolute Gasteiger partial charge is 0.198 e. The molecule has 0 atom stereocenters. The first-order chi connectivity index (χ1) is 9.85. The van der Waals surface area contributed by atoms with Crippen LogP contribution in [0, 0.1) is 25.5 Å². The molecule has 5 heteroatoms. The Morgan fingerprint density at radius 3 is 1.95 bits per heavy atom. The van der Waals surface area contributed by atoms with Crippen LogP contribution in [0.2, 0.25) is 0 Å². The summed E-state index contributed by atoms with van der Waals surface area (Å²) >= 11 is 2.99. The van der Waals surface area contributed by atoms with Crippen LogP contribution < -0.4 is 4.74 Å². The zero-order valence-electron chi connectivity index (χ0n) is 11.8. The summed E-state index contributed by atoms with van der Waals surface area (Å²) in [6.07, 6.45) is 0. The van der Waals surface area contributed by atoms with Crippen LogP contribution in [-0.4, -0.2) is 12.9 Å². The maximum Gasteiger partial charge on any atom is 0.198 e. The number of halogens is 3. The first kappa shape index (κ1) is 15.6. The number of ketones is 1. The third kappa shape index (κ3) is 2.97. The van der Waals surface area contributed by atoms with Crippen LogP contribution >= 0.6 is 15.9 Å². The molecule has 0 bridgehead atoms. The highest BCUT2D eigenvalue weighted by Crippen LogP contribution is 2.27. The number of ether oxygens (including phenoxy) is 1. The van der Waals surface area contributed by atoms with E-state index in [-0.39, 0.29) is 10.0 Å². The van der Waals surface area contributed by atoms with E-state index in [1.54, 1.807) is 26.0 Å². The summed E-state index contributed by atoms with van der Waals surface area (Å²) < 4.78 is 33.2. The Kier molecular flexibility index (Phi) is 4.42. The highest BCUT2D eigenvalue weighted by molar-refractivity contribution is 9.10. The monoisotopic (exact) mass is 354 g/mol.